The third-order valence-corrected chi connectivity index (χ3v) is 5.80. The average Bonchev–Trinajstić information content (AvgIpc) is 3.18. The van der Waals surface area contributed by atoms with Crippen molar-refractivity contribution in [2.75, 3.05) is 34.2 Å². The van der Waals surface area contributed by atoms with Crippen molar-refractivity contribution >= 4 is 57.4 Å². The molecule has 1 heterocycles. The minimum absolute atomic E-state index is 0. The fraction of sp³-hybridized carbons (Fsp3) is 0.348. The average molecular weight is 551 g/mol. The van der Waals surface area contributed by atoms with Crippen LogP contribution in [0.15, 0.2) is 53.5 Å². The van der Waals surface area contributed by atoms with Crippen LogP contribution in [0, 0.1) is 0 Å². The van der Waals surface area contributed by atoms with Crippen molar-refractivity contribution < 1.29 is 4.79 Å². The number of hydrogen-bond donors (Lipinski definition) is 2. The zero-order valence-electron chi connectivity index (χ0n) is 18.2. The highest BCUT2D eigenvalue weighted by Crippen LogP contribution is 2.22. The number of thiazole rings is 1. The van der Waals surface area contributed by atoms with Crippen LogP contribution >= 0.6 is 35.3 Å². The molecule has 1 amide bonds. The fourth-order valence-electron chi connectivity index (χ4n) is 3.14. The number of rotatable bonds is 8. The number of nitrogens with one attached hydrogen (secondary N) is 2. The maximum absolute atomic E-state index is 12.1. The molecule has 2 aromatic carbocycles. The first-order valence-electron chi connectivity index (χ1n) is 10.2. The van der Waals surface area contributed by atoms with Crippen molar-refractivity contribution in [2.45, 2.75) is 19.3 Å². The number of nitrogens with zero attached hydrogens (tertiary/aromatic N) is 3. The molecule has 0 bridgehead atoms. The molecule has 0 aliphatic heterocycles. The normalized spacial score (nSPS) is 11.1. The molecule has 0 aliphatic carbocycles. The second-order valence-electron chi connectivity index (χ2n) is 7.25. The molecule has 166 valence electrons. The minimum Gasteiger partial charge on any atom is -0.356 e. The van der Waals surface area contributed by atoms with Crippen molar-refractivity contribution in [1.29, 1.82) is 0 Å². The maximum atomic E-state index is 12.1. The van der Waals surface area contributed by atoms with Gasteiger partial charge in [0.15, 0.2) is 5.96 Å². The van der Waals surface area contributed by atoms with Gasteiger partial charge in [-0.05, 0) is 42.7 Å². The van der Waals surface area contributed by atoms with E-state index in [0.29, 0.717) is 0 Å². The molecule has 0 atom stereocenters. The van der Waals surface area contributed by atoms with Gasteiger partial charge in [0.2, 0.25) is 0 Å². The molecule has 0 unspecified atom stereocenters. The molecule has 0 aliphatic rings. The predicted molar refractivity (Wildman–Crippen MR) is 141 cm³/mol. The molecule has 0 saturated heterocycles. The molecule has 2 N–H and O–H groups in total. The number of carbonyl (C=O) groups is 1. The van der Waals surface area contributed by atoms with Crippen LogP contribution in [0.25, 0.3) is 10.2 Å². The monoisotopic (exact) mass is 551 g/mol. The predicted octanol–water partition coefficient (Wildman–Crippen LogP) is 3.96. The summed E-state index contributed by atoms with van der Waals surface area (Å²) in [5.41, 5.74) is 2.93. The molecular weight excluding hydrogens is 521 g/mol. The lowest BCUT2D eigenvalue weighted by atomic mass is 10.1. The van der Waals surface area contributed by atoms with E-state index in [1.54, 1.807) is 37.4 Å². The van der Waals surface area contributed by atoms with E-state index in [9.17, 15) is 4.79 Å². The van der Waals surface area contributed by atoms with Gasteiger partial charge in [0.05, 0.1) is 15.2 Å². The van der Waals surface area contributed by atoms with Gasteiger partial charge in [-0.15, -0.1) is 35.3 Å². The SMILES string of the molecule is CN=C(NCCCc1nc2ccccc2s1)NCCc1cccc(C(=O)N(C)C)c1.I. The molecule has 3 rings (SSSR count). The molecule has 1 aromatic heterocycles. The van der Waals surface area contributed by atoms with Crippen molar-refractivity contribution in [1.82, 2.24) is 20.5 Å². The summed E-state index contributed by atoms with van der Waals surface area (Å²) in [5.74, 6) is 0.815. The lowest BCUT2D eigenvalue weighted by Gasteiger charge is -2.13. The largest absolute Gasteiger partial charge is 0.356 e. The number of halogens is 1. The van der Waals surface area contributed by atoms with Gasteiger partial charge in [-0.25, -0.2) is 4.98 Å². The summed E-state index contributed by atoms with van der Waals surface area (Å²) in [6, 6.07) is 16.0. The van der Waals surface area contributed by atoms with Gasteiger partial charge < -0.3 is 15.5 Å². The van der Waals surface area contributed by atoms with E-state index in [2.05, 4.69) is 38.8 Å². The molecule has 31 heavy (non-hydrogen) atoms. The zero-order valence-corrected chi connectivity index (χ0v) is 21.4. The van der Waals surface area contributed by atoms with Crippen LogP contribution in [0.5, 0.6) is 0 Å². The van der Waals surface area contributed by atoms with E-state index in [1.165, 1.54) is 9.71 Å². The summed E-state index contributed by atoms with van der Waals surface area (Å²) in [4.78, 5) is 22.7. The van der Waals surface area contributed by atoms with Crippen molar-refractivity contribution in [3.63, 3.8) is 0 Å². The maximum Gasteiger partial charge on any atom is 0.253 e. The number of carbonyl (C=O) groups excluding carboxylic acids is 1. The number of hydrogen-bond acceptors (Lipinski definition) is 4. The number of guanidine groups is 1. The van der Waals surface area contributed by atoms with Gasteiger partial charge in [0.1, 0.15) is 0 Å². The molecule has 0 saturated carbocycles. The summed E-state index contributed by atoms with van der Waals surface area (Å²) < 4.78 is 1.24. The number of para-hydroxylation sites is 1. The van der Waals surface area contributed by atoms with Crippen LogP contribution in [-0.4, -0.2) is 56.0 Å². The highest BCUT2D eigenvalue weighted by molar-refractivity contribution is 14.0. The first kappa shape index (κ1) is 25.1. The Morgan fingerprint density at radius 2 is 1.84 bits per heavy atom. The molecule has 8 heteroatoms. The van der Waals surface area contributed by atoms with Crippen LogP contribution in [0.3, 0.4) is 0 Å². The lowest BCUT2D eigenvalue weighted by molar-refractivity contribution is 0.0827. The van der Waals surface area contributed by atoms with Crippen molar-refractivity contribution in [2.24, 2.45) is 4.99 Å². The number of benzene rings is 2. The van der Waals surface area contributed by atoms with Crippen molar-refractivity contribution in [3.05, 3.63) is 64.7 Å². The second-order valence-corrected chi connectivity index (χ2v) is 8.37. The van der Waals surface area contributed by atoms with Crippen LogP contribution in [0.1, 0.15) is 27.3 Å². The summed E-state index contributed by atoms with van der Waals surface area (Å²) in [7, 11) is 5.31. The number of aromatic nitrogens is 1. The number of fused-ring (bicyclic) bond motifs is 1. The van der Waals surface area contributed by atoms with E-state index >= 15 is 0 Å². The highest BCUT2D eigenvalue weighted by Gasteiger charge is 2.08. The Bertz CT molecular complexity index is 985. The van der Waals surface area contributed by atoms with Gasteiger partial charge in [-0.3, -0.25) is 9.79 Å². The molecule has 0 fully saturated rings. The lowest BCUT2D eigenvalue weighted by Crippen LogP contribution is -2.38. The van der Waals surface area contributed by atoms with Gasteiger partial charge in [-0.1, -0.05) is 24.3 Å². The first-order chi connectivity index (χ1) is 14.6. The third kappa shape index (κ3) is 7.46. The smallest absolute Gasteiger partial charge is 0.253 e. The highest BCUT2D eigenvalue weighted by atomic mass is 127. The molecule has 6 nitrogen and oxygen atoms in total. The number of amides is 1. The van der Waals surface area contributed by atoms with Crippen LogP contribution in [0.4, 0.5) is 0 Å². The first-order valence-corrected chi connectivity index (χ1v) is 11.0. The van der Waals surface area contributed by atoms with E-state index in [4.69, 9.17) is 0 Å². The summed E-state index contributed by atoms with van der Waals surface area (Å²) in [6.07, 6.45) is 2.77. The quantitative estimate of drug-likeness (QED) is 0.193. The van der Waals surface area contributed by atoms with Gasteiger partial charge in [-0.2, -0.15) is 0 Å². The van der Waals surface area contributed by atoms with Gasteiger partial charge in [0, 0.05) is 46.2 Å². The van der Waals surface area contributed by atoms with Gasteiger partial charge in [0.25, 0.3) is 5.91 Å². The van der Waals surface area contributed by atoms with Crippen LogP contribution < -0.4 is 10.6 Å². The molecular formula is C23H30IN5OS. The zero-order chi connectivity index (χ0) is 21.3. The Labute approximate surface area is 205 Å². The minimum atomic E-state index is 0. The van der Waals surface area contributed by atoms with Crippen LogP contribution in [-0.2, 0) is 12.8 Å². The molecule has 0 spiro atoms. The second kappa shape index (κ2) is 12.6. The fourth-order valence-corrected chi connectivity index (χ4v) is 4.15. The van der Waals surface area contributed by atoms with E-state index in [0.717, 1.165) is 55.0 Å². The third-order valence-electron chi connectivity index (χ3n) is 4.71. The Morgan fingerprint density at radius 1 is 1.06 bits per heavy atom. The Kier molecular flexibility index (Phi) is 10.2. The van der Waals surface area contributed by atoms with E-state index < -0.39 is 0 Å². The summed E-state index contributed by atoms with van der Waals surface area (Å²) in [5, 5.41) is 7.87. The Hall–Kier alpha value is -2.20. The van der Waals surface area contributed by atoms with E-state index in [-0.39, 0.29) is 29.9 Å². The standard InChI is InChI=1S/C23H29N5OS.HI/c1-24-23(25-14-7-12-21-27-19-10-4-5-11-20(19)30-21)26-15-13-17-8-6-9-18(16-17)22(29)28(2)3;/h4-6,8-11,16H,7,12-15H2,1-3H3,(H2,24,25,26);1H. The molecule has 3 aromatic rings. The van der Waals surface area contributed by atoms with Crippen molar-refractivity contribution in [3.8, 4) is 0 Å². The molecule has 0 radical (unpaired) electrons. The van der Waals surface area contributed by atoms with E-state index in [1.807, 2.05) is 30.3 Å². The number of aliphatic imine (C=N–C) groups is 1. The van der Waals surface area contributed by atoms with Gasteiger partial charge >= 0.3 is 0 Å². The summed E-state index contributed by atoms with van der Waals surface area (Å²) >= 11 is 1.77. The topological polar surface area (TPSA) is 69.6 Å². The Balaban J connectivity index is 0.00000341. The van der Waals surface area contributed by atoms with Crippen LogP contribution in [0.2, 0.25) is 0 Å². The number of aryl methyl sites for hydroxylation is 1. The Morgan fingerprint density at radius 3 is 2.58 bits per heavy atom. The summed E-state index contributed by atoms with van der Waals surface area (Å²) in [6.45, 7) is 1.58.